The summed E-state index contributed by atoms with van der Waals surface area (Å²) in [7, 11) is 0. The lowest BCUT2D eigenvalue weighted by Crippen LogP contribution is -2.13. The van der Waals surface area contributed by atoms with Crippen molar-refractivity contribution in [3.8, 4) is 0 Å². The molecule has 0 atom stereocenters. The van der Waals surface area contributed by atoms with Gasteiger partial charge in [0.25, 0.3) is 0 Å². The van der Waals surface area contributed by atoms with Gasteiger partial charge in [0.2, 0.25) is 0 Å². The molecule has 0 heterocycles. The number of esters is 1. The van der Waals surface area contributed by atoms with Gasteiger partial charge >= 0.3 is 5.97 Å². The van der Waals surface area contributed by atoms with E-state index in [-0.39, 0.29) is 11.9 Å². The van der Waals surface area contributed by atoms with Gasteiger partial charge in [-0.3, -0.25) is 0 Å². The van der Waals surface area contributed by atoms with Crippen molar-refractivity contribution in [1.29, 1.82) is 0 Å². The molecule has 0 bridgehead atoms. The quantitative estimate of drug-likeness (QED) is 0.493. The molecule has 0 spiro atoms. The molecule has 0 radical (unpaired) electrons. The molecule has 0 aromatic heterocycles. The molecule has 1 saturated carbocycles. The molecule has 1 rings (SSSR count). The highest BCUT2D eigenvalue weighted by molar-refractivity contribution is 5.88. The predicted molar refractivity (Wildman–Crippen MR) is 52.3 cm³/mol. The van der Waals surface area contributed by atoms with Crippen molar-refractivity contribution in [3.05, 3.63) is 11.6 Å². The third-order valence-corrected chi connectivity index (χ3v) is 2.32. The van der Waals surface area contributed by atoms with Crippen LogP contribution in [0.5, 0.6) is 0 Å². The summed E-state index contributed by atoms with van der Waals surface area (Å²) in [6.07, 6.45) is 4.29. The predicted octanol–water partition coefficient (Wildman–Crippen LogP) is 2.54. The highest BCUT2D eigenvalue weighted by Crippen LogP contribution is 2.29. The Labute approximate surface area is 80.0 Å². The van der Waals surface area contributed by atoms with Crippen molar-refractivity contribution < 1.29 is 9.53 Å². The molecule has 0 N–H and O–H groups in total. The van der Waals surface area contributed by atoms with Crippen LogP contribution in [0.4, 0.5) is 0 Å². The van der Waals surface area contributed by atoms with E-state index in [2.05, 4.69) is 0 Å². The number of hydrogen-bond donors (Lipinski definition) is 0. The van der Waals surface area contributed by atoms with Crippen LogP contribution in [0.3, 0.4) is 0 Å². The third kappa shape index (κ3) is 3.21. The maximum Gasteiger partial charge on any atom is 0.333 e. The first-order valence-electron chi connectivity index (χ1n) is 4.98. The van der Waals surface area contributed by atoms with Crippen LogP contribution in [0.25, 0.3) is 0 Å². The van der Waals surface area contributed by atoms with Crippen LogP contribution in [-0.4, -0.2) is 12.6 Å². The smallest absolute Gasteiger partial charge is 0.333 e. The monoisotopic (exact) mass is 182 g/mol. The molecule has 13 heavy (non-hydrogen) atoms. The average molecular weight is 182 g/mol. The van der Waals surface area contributed by atoms with Gasteiger partial charge in [-0.1, -0.05) is 19.9 Å². The van der Waals surface area contributed by atoms with Crippen LogP contribution < -0.4 is 0 Å². The standard InChI is InChI=1S/C11H18O2/c1-4-10(8(2)3)11(12)13-7-9-5-6-9/h4,8-9H,5-7H2,1-3H3/b10-4+. The van der Waals surface area contributed by atoms with E-state index in [9.17, 15) is 4.79 Å². The van der Waals surface area contributed by atoms with Gasteiger partial charge in [-0.05, 0) is 31.6 Å². The Morgan fingerprint density at radius 3 is 2.54 bits per heavy atom. The molecule has 0 saturated heterocycles. The van der Waals surface area contributed by atoms with Crippen LogP contribution >= 0.6 is 0 Å². The second-order valence-electron chi connectivity index (χ2n) is 3.94. The van der Waals surface area contributed by atoms with Crippen molar-refractivity contribution >= 4 is 5.97 Å². The van der Waals surface area contributed by atoms with Crippen LogP contribution in [-0.2, 0) is 9.53 Å². The summed E-state index contributed by atoms with van der Waals surface area (Å²) in [5.41, 5.74) is 0.792. The number of ether oxygens (including phenoxy) is 1. The van der Waals surface area contributed by atoms with Gasteiger partial charge < -0.3 is 4.74 Å². The van der Waals surface area contributed by atoms with Crippen molar-refractivity contribution in [1.82, 2.24) is 0 Å². The summed E-state index contributed by atoms with van der Waals surface area (Å²) in [5, 5.41) is 0. The van der Waals surface area contributed by atoms with Crippen molar-refractivity contribution in [2.24, 2.45) is 11.8 Å². The van der Waals surface area contributed by atoms with Crippen molar-refractivity contribution in [2.45, 2.75) is 33.6 Å². The highest BCUT2D eigenvalue weighted by Gasteiger charge is 2.24. The third-order valence-electron chi connectivity index (χ3n) is 2.32. The van der Waals surface area contributed by atoms with Gasteiger partial charge in [0.05, 0.1) is 6.61 Å². The summed E-state index contributed by atoms with van der Waals surface area (Å²) < 4.78 is 5.17. The van der Waals surface area contributed by atoms with E-state index in [1.165, 1.54) is 12.8 Å². The van der Waals surface area contributed by atoms with E-state index in [1.54, 1.807) is 0 Å². The van der Waals surface area contributed by atoms with Gasteiger partial charge in [-0.2, -0.15) is 0 Å². The lowest BCUT2D eigenvalue weighted by Gasteiger charge is -2.09. The Balaban J connectivity index is 2.34. The maximum atomic E-state index is 11.5. The Bertz CT molecular complexity index is 212. The van der Waals surface area contributed by atoms with Gasteiger partial charge in [0.1, 0.15) is 0 Å². The lowest BCUT2D eigenvalue weighted by molar-refractivity contribution is -0.140. The van der Waals surface area contributed by atoms with Crippen LogP contribution in [0, 0.1) is 11.8 Å². The molecular formula is C11H18O2. The van der Waals surface area contributed by atoms with E-state index in [0.29, 0.717) is 12.5 Å². The maximum absolute atomic E-state index is 11.5. The summed E-state index contributed by atoms with van der Waals surface area (Å²) in [6, 6.07) is 0. The normalized spacial score (nSPS) is 17.7. The molecule has 74 valence electrons. The van der Waals surface area contributed by atoms with E-state index in [1.807, 2.05) is 26.8 Å². The molecule has 0 aliphatic heterocycles. The molecule has 0 amide bonds. The van der Waals surface area contributed by atoms with E-state index >= 15 is 0 Å². The summed E-state index contributed by atoms with van der Waals surface area (Å²) in [5.74, 6) is 0.773. The fraction of sp³-hybridized carbons (Fsp3) is 0.727. The minimum Gasteiger partial charge on any atom is -0.462 e. The minimum atomic E-state index is -0.135. The Morgan fingerprint density at radius 2 is 2.15 bits per heavy atom. The zero-order valence-corrected chi connectivity index (χ0v) is 8.67. The molecule has 0 unspecified atom stereocenters. The second kappa shape index (κ2) is 4.45. The number of carbonyl (C=O) groups excluding carboxylic acids is 1. The first-order valence-corrected chi connectivity index (χ1v) is 4.98. The van der Waals surface area contributed by atoms with Gasteiger partial charge in [0, 0.05) is 5.57 Å². The topological polar surface area (TPSA) is 26.3 Å². The SMILES string of the molecule is C/C=C(/C(=O)OCC1CC1)C(C)C. The highest BCUT2D eigenvalue weighted by atomic mass is 16.5. The Hall–Kier alpha value is -0.790. The Kier molecular flexibility index (Phi) is 3.52. The summed E-state index contributed by atoms with van der Waals surface area (Å²) >= 11 is 0. The summed E-state index contributed by atoms with van der Waals surface area (Å²) in [4.78, 5) is 11.5. The number of allylic oxidation sites excluding steroid dienone is 1. The zero-order chi connectivity index (χ0) is 9.84. The van der Waals surface area contributed by atoms with Crippen LogP contribution in [0.1, 0.15) is 33.6 Å². The van der Waals surface area contributed by atoms with E-state index in [4.69, 9.17) is 4.74 Å². The van der Waals surface area contributed by atoms with E-state index in [0.717, 1.165) is 5.57 Å². The fourth-order valence-electron chi connectivity index (χ4n) is 1.25. The first kappa shape index (κ1) is 10.3. The molecule has 2 nitrogen and oxygen atoms in total. The Morgan fingerprint density at radius 1 is 1.54 bits per heavy atom. The van der Waals surface area contributed by atoms with Gasteiger partial charge in [-0.15, -0.1) is 0 Å². The number of hydrogen-bond acceptors (Lipinski definition) is 2. The van der Waals surface area contributed by atoms with E-state index < -0.39 is 0 Å². The number of rotatable bonds is 4. The largest absolute Gasteiger partial charge is 0.462 e. The van der Waals surface area contributed by atoms with Gasteiger partial charge in [0.15, 0.2) is 0 Å². The molecular weight excluding hydrogens is 164 g/mol. The summed E-state index contributed by atoms with van der Waals surface area (Å²) in [6.45, 7) is 6.51. The average Bonchev–Trinajstić information content (AvgIpc) is 2.84. The van der Waals surface area contributed by atoms with Crippen molar-refractivity contribution in [3.63, 3.8) is 0 Å². The van der Waals surface area contributed by atoms with Gasteiger partial charge in [-0.25, -0.2) is 4.79 Å². The molecule has 1 aliphatic rings. The molecule has 0 aromatic carbocycles. The first-order chi connectivity index (χ1) is 6.15. The van der Waals surface area contributed by atoms with Crippen LogP contribution in [0.2, 0.25) is 0 Å². The molecule has 1 aliphatic carbocycles. The van der Waals surface area contributed by atoms with Crippen LogP contribution in [0.15, 0.2) is 11.6 Å². The minimum absolute atomic E-state index is 0.135. The lowest BCUT2D eigenvalue weighted by atomic mass is 10.0. The second-order valence-corrected chi connectivity index (χ2v) is 3.94. The molecule has 0 aromatic rings. The fourth-order valence-corrected chi connectivity index (χ4v) is 1.25. The molecule has 2 heteroatoms. The number of carbonyl (C=O) groups is 1. The van der Waals surface area contributed by atoms with Crippen molar-refractivity contribution in [2.75, 3.05) is 6.61 Å². The zero-order valence-electron chi connectivity index (χ0n) is 8.67. The molecule has 1 fully saturated rings.